The van der Waals surface area contributed by atoms with Crippen LogP contribution in [0.2, 0.25) is 0 Å². The zero-order valence-corrected chi connectivity index (χ0v) is 17.5. The van der Waals surface area contributed by atoms with Crippen molar-refractivity contribution in [3.05, 3.63) is 90.3 Å². The molecule has 1 aromatic heterocycles. The van der Waals surface area contributed by atoms with Crippen molar-refractivity contribution in [1.82, 2.24) is 9.88 Å². The topological polar surface area (TPSA) is 91.4 Å². The number of nitrogens with zero attached hydrogens (tertiary/aromatic N) is 2. The van der Waals surface area contributed by atoms with E-state index in [-0.39, 0.29) is 17.7 Å². The van der Waals surface area contributed by atoms with Gasteiger partial charge in [-0.25, -0.2) is 0 Å². The number of piperidine rings is 1. The average molecular weight is 428 g/mol. The van der Waals surface area contributed by atoms with E-state index < -0.39 is 6.04 Å². The van der Waals surface area contributed by atoms with Crippen molar-refractivity contribution >= 4 is 29.1 Å². The second-order valence-corrected chi connectivity index (χ2v) is 7.62. The molecule has 162 valence electrons. The minimum absolute atomic E-state index is 0.0152. The quantitative estimate of drug-likeness (QED) is 0.620. The third-order valence-corrected chi connectivity index (χ3v) is 5.37. The standard InChI is InChI=1S/C25H24N4O3/c30-22-11-4-5-16-29(22)23(18-7-2-1-3-8-18)25(32)28-21-10-6-9-20(17-21)27-24(31)19-12-14-26-15-13-19/h1-3,6-10,12-15,17,23H,4-5,11,16H2,(H,27,31)(H,28,32). The normalized spacial score (nSPS) is 14.5. The lowest BCUT2D eigenvalue weighted by Gasteiger charge is -2.34. The Morgan fingerprint density at radius 1 is 0.875 bits per heavy atom. The summed E-state index contributed by atoms with van der Waals surface area (Å²) in [5.41, 5.74) is 2.34. The van der Waals surface area contributed by atoms with Crippen molar-refractivity contribution < 1.29 is 14.4 Å². The van der Waals surface area contributed by atoms with Gasteiger partial charge in [0.05, 0.1) is 0 Å². The first-order valence-corrected chi connectivity index (χ1v) is 10.6. The number of pyridine rings is 1. The maximum absolute atomic E-state index is 13.3. The van der Waals surface area contributed by atoms with Crippen LogP contribution < -0.4 is 10.6 Å². The van der Waals surface area contributed by atoms with E-state index in [1.54, 1.807) is 53.7 Å². The minimum atomic E-state index is -0.709. The molecule has 3 amide bonds. The molecule has 1 fully saturated rings. The fourth-order valence-corrected chi connectivity index (χ4v) is 3.80. The molecule has 3 aromatic rings. The van der Waals surface area contributed by atoms with Gasteiger partial charge in [-0.05, 0) is 48.7 Å². The summed E-state index contributed by atoms with van der Waals surface area (Å²) >= 11 is 0. The van der Waals surface area contributed by atoms with Crippen LogP contribution in [0.1, 0.15) is 41.2 Å². The van der Waals surface area contributed by atoms with Crippen molar-refractivity contribution in [3.8, 4) is 0 Å². The monoisotopic (exact) mass is 428 g/mol. The molecule has 1 aliphatic heterocycles. The average Bonchev–Trinajstić information content (AvgIpc) is 2.82. The lowest BCUT2D eigenvalue weighted by Crippen LogP contribution is -2.43. The van der Waals surface area contributed by atoms with E-state index in [4.69, 9.17) is 0 Å². The predicted molar refractivity (Wildman–Crippen MR) is 122 cm³/mol. The zero-order valence-electron chi connectivity index (χ0n) is 17.5. The number of hydrogen-bond acceptors (Lipinski definition) is 4. The first-order chi connectivity index (χ1) is 15.6. The molecule has 4 rings (SSSR count). The highest BCUT2D eigenvalue weighted by Gasteiger charge is 2.32. The molecule has 0 saturated carbocycles. The number of likely N-dealkylation sites (tertiary alicyclic amines) is 1. The summed E-state index contributed by atoms with van der Waals surface area (Å²) in [6.07, 6.45) is 5.28. The van der Waals surface area contributed by atoms with Gasteiger partial charge in [0.15, 0.2) is 0 Å². The fourth-order valence-electron chi connectivity index (χ4n) is 3.80. The minimum Gasteiger partial charge on any atom is -0.327 e. The summed E-state index contributed by atoms with van der Waals surface area (Å²) in [6, 6.07) is 18.8. The smallest absolute Gasteiger partial charge is 0.255 e. The number of carbonyl (C=O) groups is 3. The number of nitrogens with one attached hydrogen (secondary N) is 2. The number of hydrogen-bond donors (Lipinski definition) is 2. The van der Waals surface area contributed by atoms with E-state index in [1.807, 2.05) is 30.3 Å². The van der Waals surface area contributed by atoms with Gasteiger partial charge in [0.2, 0.25) is 5.91 Å². The van der Waals surface area contributed by atoms with Crippen LogP contribution in [-0.4, -0.2) is 34.2 Å². The summed E-state index contributed by atoms with van der Waals surface area (Å²) in [6.45, 7) is 0.549. The first-order valence-electron chi connectivity index (χ1n) is 10.6. The predicted octanol–water partition coefficient (Wildman–Crippen LogP) is 4.03. The number of anilines is 2. The Kier molecular flexibility index (Phi) is 6.55. The molecule has 1 unspecified atom stereocenters. The molecule has 0 bridgehead atoms. The molecule has 0 aliphatic carbocycles. The molecule has 0 spiro atoms. The second-order valence-electron chi connectivity index (χ2n) is 7.62. The summed E-state index contributed by atoms with van der Waals surface area (Å²) in [7, 11) is 0. The SMILES string of the molecule is O=C(Nc1cccc(NC(=O)C(c2ccccc2)N2CCCCC2=O)c1)c1ccncc1. The molecule has 32 heavy (non-hydrogen) atoms. The summed E-state index contributed by atoms with van der Waals surface area (Å²) < 4.78 is 0. The molecule has 1 aliphatic rings. The molecular formula is C25H24N4O3. The van der Waals surface area contributed by atoms with E-state index in [1.165, 1.54) is 0 Å². The Hall–Kier alpha value is -4.00. The molecule has 7 nitrogen and oxygen atoms in total. The van der Waals surface area contributed by atoms with E-state index in [0.717, 1.165) is 18.4 Å². The van der Waals surface area contributed by atoms with Gasteiger partial charge in [-0.15, -0.1) is 0 Å². The lowest BCUT2D eigenvalue weighted by atomic mass is 10.0. The highest BCUT2D eigenvalue weighted by molar-refractivity contribution is 6.05. The van der Waals surface area contributed by atoms with Crippen molar-refractivity contribution in [2.75, 3.05) is 17.2 Å². The Balaban J connectivity index is 1.53. The fraction of sp³-hybridized carbons (Fsp3) is 0.200. The Labute approximate surface area is 186 Å². The van der Waals surface area contributed by atoms with Crippen LogP contribution in [0.4, 0.5) is 11.4 Å². The third-order valence-electron chi connectivity index (χ3n) is 5.37. The number of carbonyl (C=O) groups excluding carboxylic acids is 3. The van der Waals surface area contributed by atoms with E-state index in [0.29, 0.717) is 29.9 Å². The summed E-state index contributed by atoms with van der Waals surface area (Å²) in [4.78, 5) is 43.9. The van der Waals surface area contributed by atoms with Crippen LogP contribution in [-0.2, 0) is 9.59 Å². The number of benzene rings is 2. The number of amides is 3. The van der Waals surface area contributed by atoms with E-state index >= 15 is 0 Å². The lowest BCUT2D eigenvalue weighted by molar-refractivity contribution is -0.141. The van der Waals surface area contributed by atoms with Crippen molar-refractivity contribution in [2.45, 2.75) is 25.3 Å². The van der Waals surface area contributed by atoms with Gasteiger partial charge in [0, 0.05) is 42.3 Å². The summed E-state index contributed by atoms with van der Waals surface area (Å²) in [5, 5.41) is 5.74. The summed E-state index contributed by atoms with van der Waals surface area (Å²) in [5.74, 6) is -0.570. The van der Waals surface area contributed by atoms with Crippen LogP contribution in [0.15, 0.2) is 79.1 Å². The molecule has 2 aromatic carbocycles. The molecule has 0 radical (unpaired) electrons. The van der Waals surface area contributed by atoms with Gasteiger partial charge in [-0.2, -0.15) is 0 Å². The molecule has 1 saturated heterocycles. The van der Waals surface area contributed by atoms with E-state index in [9.17, 15) is 14.4 Å². The van der Waals surface area contributed by atoms with Crippen LogP contribution in [0.25, 0.3) is 0 Å². The maximum atomic E-state index is 13.3. The van der Waals surface area contributed by atoms with Gasteiger partial charge >= 0.3 is 0 Å². The maximum Gasteiger partial charge on any atom is 0.255 e. The Morgan fingerprint density at radius 2 is 1.59 bits per heavy atom. The van der Waals surface area contributed by atoms with Gasteiger partial charge in [0.25, 0.3) is 11.8 Å². The molecule has 2 N–H and O–H groups in total. The molecule has 7 heteroatoms. The second kappa shape index (κ2) is 9.87. The van der Waals surface area contributed by atoms with Gasteiger partial charge < -0.3 is 15.5 Å². The Morgan fingerprint density at radius 3 is 2.31 bits per heavy atom. The van der Waals surface area contributed by atoms with Crippen molar-refractivity contribution in [3.63, 3.8) is 0 Å². The van der Waals surface area contributed by atoms with Gasteiger partial charge in [-0.3, -0.25) is 19.4 Å². The number of aromatic nitrogens is 1. The molecule has 1 atom stereocenters. The number of rotatable bonds is 6. The molecular weight excluding hydrogens is 404 g/mol. The highest BCUT2D eigenvalue weighted by atomic mass is 16.2. The largest absolute Gasteiger partial charge is 0.327 e. The van der Waals surface area contributed by atoms with Crippen LogP contribution in [0.3, 0.4) is 0 Å². The van der Waals surface area contributed by atoms with Crippen molar-refractivity contribution in [2.24, 2.45) is 0 Å². The first kappa shape index (κ1) is 21.2. The van der Waals surface area contributed by atoms with Crippen LogP contribution in [0, 0.1) is 0 Å². The third kappa shape index (κ3) is 5.00. The Bertz CT molecular complexity index is 1100. The van der Waals surface area contributed by atoms with Gasteiger partial charge in [0.1, 0.15) is 6.04 Å². The van der Waals surface area contributed by atoms with Crippen LogP contribution >= 0.6 is 0 Å². The zero-order chi connectivity index (χ0) is 22.3. The molecule has 2 heterocycles. The van der Waals surface area contributed by atoms with Crippen LogP contribution in [0.5, 0.6) is 0 Å². The van der Waals surface area contributed by atoms with E-state index in [2.05, 4.69) is 15.6 Å². The van der Waals surface area contributed by atoms with Crippen molar-refractivity contribution in [1.29, 1.82) is 0 Å². The highest BCUT2D eigenvalue weighted by Crippen LogP contribution is 2.27. The van der Waals surface area contributed by atoms with Gasteiger partial charge in [-0.1, -0.05) is 36.4 Å².